The van der Waals surface area contributed by atoms with Crippen LogP contribution in [0.4, 0.5) is 17.5 Å². The molecule has 1 aliphatic rings. The predicted octanol–water partition coefficient (Wildman–Crippen LogP) is 3.32. The molecule has 122 valence electrons. The summed E-state index contributed by atoms with van der Waals surface area (Å²) in [5.74, 6) is 1.38. The Kier molecular flexibility index (Phi) is 4.83. The second-order valence-corrected chi connectivity index (χ2v) is 5.89. The van der Waals surface area contributed by atoms with Crippen LogP contribution >= 0.6 is 11.6 Å². The maximum absolute atomic E-state index is 6.13. The number of aromatic nitrogens is 2. The topological polar surface area (TPSA) is 82.3 Å². The number of nitrogens with one attached hydrogen (secondary N) is 1. The zero-order valence-electron chi connectivity index (χ0n) is 12.9. The summed E-state index contributed by atoms with van der Waals surface area (Å²) in [6.45, 7) is 3.47. The van der Waals surface area contributed by atoms with Gasteiger partial charge in [0.2, 0.25) is 5.95 Å². The van der Waals surface area contributed by atoms with Gasteiger partial charge in [0.15, 0.2) is 5.82 Å². The highest BCUT2D eigenvalue weighted by Crippen LogP contribution is 2.32. The van der Waals surface area contributed by atoms with Gasteiger partial charge < -0.3 is 20.5 Å². The van der Waals surface area contributed by atoms with E-state index in [0.717, 1.165) is 43.1 Å². The first-order valence-electron chi connectivity index (χ1n) is 7.52. The fourth-order valence-electron chi connectivity index (χ4n) is 2.41. The van der Waals surface area contributed by atoms with Crippen molar-refractivity contribution in [3.63, 3.8) is 0 Å². The van der Waals surface area contributed by atoms with E-state index < -0.39 is 0 Å². The molecule has 23 heavy (non-hydrogen) atoms. The third kappa shape index (κ3) is 4.03. The van der Waals surface area contributed by atoms with E-state index in [0.29, 0.717) is 10.8 Å². The molecule has 0 spiro atoms. The van der Waals surface area contributed by atoms with Crippen LogP contribution in [0.3, 0.4) is 0 Å². The van der Waals surface area contributed by atoms with Crippen LogP contribution in [-0.2, 0) is 4.74 Å². The van der Waals surface area contributed by atoms with Gasteiger partial charge in [0.1, 0.15) is 16.9 Å². The molecule has 0 aliphatic carbocycles. The van der Waals surface area contributed by atoms with E-state index in [1.165, 1.54) is 6.20 Å². The molecule has 6 nitrogen and oxygen atoms in total. The molecule has 2 aromatic rings. The van der Waals surface area contributed by atoms with E-state index in [1.807, 2.05) is 25.1 Å². The van der Waals surface area contributed by atoms with Crippen molar-refractivity contribution in [3.05, 3.63) is 35.0 Å². The minimum absolute atomic E-state index is 0.151. The standard InChI is InChI=1S/C16H19ClN4O2/c1-10-2-3-14(23-11-4-6-22-7-5-11)13(8-10)20-15-12(17)9-19-16(18)21-15/h2-3,8-9,11H,4-7H2,1H3,(H3,18,19,20,21). The Labute approximate surface area is 140 Å². The predicted molar refractivity (Wildman–Crippen MR) is 90.4 cm³/mol. The van der Waals surface area contributed by atoms with E-state index in [4.69, 9.17) is 26.8 Å². The summed E-state index contributed by atoms with van der Waals surface area (Å²) in [7, 11) is 0. The third-order valence-corrected chi connectivity index (χ3v) is 3.89. The molecule has 3 N–H and O–H groups in total. The number of ether oxygens (including phenoxy) is 2. The molecule has 0 unspecified atom stereocenters. The molecule has 3 rings (SSSR count). The van der Waals surface area contributed by atoms with Crippen LogP contribution in [0.5, 0.6) is 5.75 Å². The number of halogens is 1. The Bertz CT molecular complexity index is 690. The van der Waals surface area contributed by atoms with Crippen molar-refractivity contribution in [2.75, 3.05) is 24.3 Å². The minimum Gasteiger partial charge on any atom is -0.488 e. The summed E-state index contributed by atoms with van der Waals surface area (Å²) in [5.41, 5.74) is 7.54. The normalized spacial score (nSPS) is 15.4. The van der Waals surface area contributed by atoms with Gasteiger partial charge in [-0.3, -0.25) is 0 Å². The highest BCUT2D eigenvalue weighted by molar-refractivity contribution is 6.32. The zero-order valence-corrected chi connectivity index (χ0v) is 13.6. The van der Waals surface area contributed by atoms with E-state index in [-0.39, 0.29) is 12.1 Å². The third-order valence-electron chi connectivity index (χ3n) is 3.61. The maximum Gasteiger partial charge on any atom is 0.222 e. The first-order valence-corrected chi connectivity index (χ1v) is 7.90. The smallest absolute Gasteiger partial charge is 0.222 e. The number of nitrogen functional groups attached to an aromatic ring is 1. The average Bonchev–Trinajstić information content (AvgIpc) is 2.54. The lowest BCUT2D eigenvalue weighted by Crippen LogP contribution is -2.26. The van der Waals surface area contributed by atoms with Crippen LogP contribution in [0, 0.1) is 6.92 Å². The first kappa shape index (κ1) is 15.8. The maximum atomic E-state index is 6.13. The van der Waals surface area contributed by atoms with Crippen molar-refractivity contribution in [1.82, 2.24) is 9.97 Å². The zero-order chi connectivity index (χ0) is 16.2. The van der Waals surface area contributed by atoms with Gasteiger partial charge in [0, 0.05) is 12.8 Å². The lowest BCUT2D eigenvalue weighted by atomic mass is 10.1. The van der Waals surface area contributed by atoms with Crippen LogP contribution in [-0.4, -0.2) is 29.3 Å². The second kappa shape index (κ2) is 7.02. The molecule has 1 aromatic carbocycles. The van der Waals surface area contributed by atoms with Gasteiger partial charge in [-0.2, -0.15) is 4.98 Å². The number of aryl methyl sites for hydroxylation is 1. The van der Waals surface area contributed by atoms with Gasteiger partial charge in [-0.25, -0.2) is 4.98 Å². The molecule has 0 saturated carbocycles. The molecular formula is C16H19ClN4O2. The fourth-order valence-corrected chi connectivity index (χ4v) is 2.55. The molecule has 7 heteroatoms. The molecule has 1 aromatic heterocycles. The summed E-state index contributed by atoms with van der Waals surface area (Å²) in [6, 6.07) is 5.95. The van der Waals surface area contributed by atoms with Gasteiger partial charge in [0.25, 0.3) is 0 Å². The minimum atomic E-state index is 0.151. The van der Waals surface area contributed by atoms with Crippen LogP contribution in [0.2, 0.25) is 5.02 Å². The number of anilines is 3. The van der Waals surface area contributed by atoms with Crippen LogP contribution in [0.25, 0.3) is 0 Å². The van der Waals surface area contributed by atoms with Gasteiger partial charge >= 0.3 is 0 Å². The van der Waals surface area contributed by atoms with E-state index in [2.05, 4.69) is 15.3 Å². The Balaban J connectivity index is 1.85. The van der Waals surface area contributed by atoms with Gasteiger partial charge in [0.05, 0.1) is 25.1 Å². The summed E-state index contributed by atoms with van der Waals surface area (Å²) in [5, 5.41) is 3.59. The lowest BCUT2D eigenvalue weighted by Gasteiger charge is -2.25. The number of hydrogen-bond donors (Lipinski definition) is 2. The summed E-state index contributed by atoms with van der Waals surface area (Å²) >= 11 is 6.13. The average molecular weight is 335 g/mol. The molecule has 0 atom stereocenters. The van der Waals surface area contributed by atoms with E-state index in [9.17, 15) is 0 Å². The first-order chi connectivity index (χ1) is 11.1. The number of rotatable bonds is 4. The number of hydrogen-bond acceptors (Lipinski definition) is 6. The van der Waals surface area contributed by atoms with Crippen molar-refractivity contribution in [2.45, 2.75) is 25.9 Å². The van der Waals surface area contributed by atoms with Crippen molar-refractivity contribution in [3.8, 4) is 5.75 Å². The highest BCUT2D eigenvalue weighted by atomic mass is 35.5. The molecule has 2 heterocycles. The molecule has 0 radical (unpaired) electrons. The SMILES string of the molecule is Cc1ccc(OC2CCOCC2)c(Nc2nc(N)ncc2Cl)c1. The largest absolute Gasteiger partial charge is 0.488 e. The van der Waals surface area contributed by atoms with Crippen molar-refractivity contribution < 1.29 is 9.47 Å². The monoisotopic (exact) mass is 334 g/mol. The van der Waals surface area contributed by atoms with E-state index in [1.54, 1.807) is 0 Å². The Hall–Kier alpha value is -2.05. The van der Waals surface area contributed by atoms with Gasteiger partial charge in [-0.1, -0.05) is 17.7 Å². The van der Waals surface area contributed by atoms with Crippen molar-refractivity contribution >= 4 is 29.1 Å². The fraction of sp³-hybridized carbons (Fsp3) is 0.375. The van der Waals surface area contributed by atoms with Crippen molar-refractivity contribution in [2.24, 2.45) is 0 Å². The number of nitrogens with two attached hydrogens (primary N) is 1. The summed E-state index contributed by atoms with van der Waals surface area (Å²) in [4.78, 5) is 8.00. The Morgan fingerprint density at radius 3 is 2.91 bits per heavy atom. The summed E-state index contributed by atoms with van der Waals surface area (Å²) in [6.07, 6.45) is 3.39. The van der Waals surface area contributed by atoms with Crippen molar-refractivity contribution in [1.29, 1.82) is 0 Å². The Morgan fingerprint density at radius 2 is 2.13 bits per heavy atom. The van der Waals surface area contributed by atoms with Crippen LogP contribution in [0.1, 0.15) is 18.4 Å². The quantitative estimate of drug-likeness (QED) is 0.892. The van der Waals surface area contributed by atoms with E-state index >= 15 is 0 Å². The molecule has 0 amide bonds. The molecule has 1 aliphatic heterocycles. The second-order valence-electron chi connectivity index (χ2n) is 5.48. The molecule has 0 bridgehead atoms. The number of benzene rings is 1. The molecular weight excluding hydrogens is 316 g/mol. The lowest BCUT2D eigenvalue weighted by molar-refractivity contribution is 0.0258. The van der Waals surface area contributed by atoms with Gasteiger partial charge in [-0.15, -0.1) is 0 Å². The highest BCUT2D eigenvalue weighted by Gasteiger charge is 2.17. The van der Waals surface area contributed by atoms with Crippen LogP contribution in [0.15, 0.2) is 24.4 Å². The molecule has 1 fully saturated rings. The van der Waals surface area contributed by atoms with Gasteiger partial charge in [-0.05, 0) is 24.6 Å². The van der Waals surface area contributed by atoms with Crippen LogP contribution < -0.4 is 15.8 Å². The molecule has 1 saturated heterocycles. The Morgan fingerprint density at radius 1 is 1.35 bits per heavy atom. The summed E-state index contributed by atoms with van der Waals surface area (Å²) < 4.78 is 11.5. The number of nitrogens with zero attached hydrogens (tertiary/aromatic N) is 2.